The van der Waals surface area contributed by atoms with Crippen molar-refractivity contribution in [1.29, 1.82) is 0 Å². The van der Waals surface area contributed by atoms with Crippen LogP contribution in [0.4, 0.5) is 0 Å². The van der Waals surface area contributed by atoms with E-state index in [1.165, 1.54) is 6.07 Å². The van der Waals surface area contributed by atoms with E-state index in [1.807, 2.05) is 6.92 Å². The summed E-state index contributed by atoms with van der Waals surface area (Å²) >= 11 is 0. The summed E-state index contributed by atoms with van der Waals surface area (Å²) < 4.78 is 31.2. The molecule has 0 fully saturated rings. The fraction of sp³-hybridized carbons (Fsp3) is 0.455. The maximum Gasteiger partial charge on any atom is 0.298 e. The molecule has 0 amide bonds. The quantitative estimate of drug-likeness (QED) is 0.616. The molecule has 0 atom stereocenters. The number of benzene rings is 1. The van der Waals surface area contributed by atoms with Crippen molar-refractivity contribution in [1.82, 2.24) is 0 Å². The molecule has 2 N–H and O–H groups in total. The molecule has 0 aromatic heterocycles. The first-order chi connectivity index (χ1) is 7.46. The fourth-order valence-electron chi connectivity index (χ4n) is 1.63. The molecular formula is C11H16O4S. The van der Waals surface area contributed by atoms with Crippen molar-refractivity contribution in [3.05, 3.63) is 23.8 Å². The van der Waals surface area contributed by atoms with Gasteiger partial charge in [0.2, 0.25) is 0 Å². The molecule has 5 heteroatoms. The van der Waals surface area contributed by atoms with Crippen LogP contribution < -0.4 is 0 Å². The molecule has 0 saturated heterocycles. The van der Waals surface area contributed by atoms with E-state index in [-0.39, 0.29) is 4.90 Å². The first-order valence-electron chi connectivity index (χ1n) is 5.25. The van der Waals surface area contributed by atoms with Crippen LogP contribution >= 0.6 is 0 Å². The topological polar surface area (TPSA) is 74.6 Å². The summed E-state index contributed by atoms with van der Waals surface area (Å²) in [5.74, 6) is -0.392. The highest BCUT2D eigenvalue weighted by Gasteiger charge is 2.19. The number of phenolic OH excluding ortho intramolecular Hbond substituents is 1. The third-order valence-electron chi connectivity index (χ3n) is 2.38. The van der Waals surface area contributed by atoms with Crippen molar-refractivity contribution in [2.45, 2.75) is 37.5 Å². The standard InChI is InChI=1S/C11H16O4S/c1-2-3-4-6-9-7-5-8-10(12)11(9)16(13,14)15/h5,7-8,12H,2-4,6H2,1H3,(H,13,14,15). The normalized spacial score (nSPS) is 11.6. The van der Waals surface area contributed by atoms with E-state index in [9.17, 15) is 13.5 Å². The van der Waals surface area contributed by atoms with Gasteiger partial charge in [0.1, 0.15) is 10.6 Å². The predicted octanol–water partition coefficient (Wildman–Crippen LogP) is 2.37. The van der Waals surface area contributed by atoms with Gasteiger partial charge in [0.05, 0.1) is 0 Å². The Bertz CT molecular complexity index is 451. The van der Waals surface area contributed by atoms with Crippen LogP contribution in [-0.2, 0) is 16.5 Å². The lowest BCUT2D eigenvalue weighted by molar-refractivity contribution is 0.440. The summed E-state index contributed by atoms with van der Waals surface area (Å²) in [6.45, 7) is 2.05. The van der Waals surface area contributed by atoms with Crippen LogP contribution in [0.2, 0.25) is 0 Å². The minimum atomic E-state index is -4.35. The number of hydrogen-bond donors (Lipinski definition) is 2. The first-order valence-corrected chi connectivity index (χ1v) is 6.69. The van der Waals surface area contributed by atoms with Gasteiger partial charge in [-0.25, -0.2) is 0 Å². The molecule has 16 heavy (non-hydrogen) atoms. The van der Waals surface area contributed by atoms with E-state index in [4.69, 9.17) is 4.55 Å². The van der Waals surface area contributed by atoms with Crippen molar-refractivity contribution < 1.29 is 18.1 Å². The van der Waals surface area contributed by atoms with Gasteiger partial charge in [0, 0.05) is 0 Å². The number of aromatic hydroxyl groups is 1. The van der Waals surface area contributed by atoms with Gasteiger partial charge in [-0.1, -0.05) is 31.9 Å². The van der Waals surface area contributed by atoms with Crippen LogP contribution in [0, 0.1) is 0 Å². The van der Waals surface area contributed by atoms with E-state index in [1.54, 1.807) is 12.1 Å². The smallest absolute Gasteiger partial charge is 0.298 e. The minimum absolute atomic E-state index is 0.355. The predicted molar refractivity (Wildman–Crippen MR) is 61.2 cm³/mol. The molecule has 90 valence electrons. The molecule has 0 heterocycles. The van der Waals surface area contributed by atoms with E-state index in [0.29, 0.717) is 12.0 Å². The number of unbranched alkanes of at least 4 members (excludes halogenated alkanes) is 2. The van der Waals surface area contributed by atoms with E-state index >= 15 is 0 Å². The lowest BCUT2D eigenvalue weighted by Gasteiger charge is -2.08. The van der Waals surface area contributed by atoms with Crippen molar-refractivity contribution in [3.63, 3.8) is 0 Å². The summed E-state index contributed by atoms with van der Waals surface area (Å²) in [6.07, 6.45) is 3.39. The molecule has 0 aliphatic heterocycles. The Morgan fingerprint density at radius 1 is 1.25 bits per heavy atom. The molecule has 1 aromatic carbocycles. The summed E-state index contributed by atoms with van der Waals surface area (Å²) in [4.78, 5) is -0.355. The van der Waals surface area contributed by atoms with E-state index in [2.05, 4.69) is 0 Å². The van der Waals surface area contributed by atoms with Gasteiger partial charge in [-0.3, -0.25) is 4.55 Å². The summed E-state index contributed by atoms with van der Waals surface area (Å²) in [5, 5.41) is 9.44. The fourth-order valence-corrected chi connectivity index (χ4v) is 2.47. The zero-order valence-corrected chi connectivity index (χ0v) is 10.00. The molecule has 0 unspecified atom stereocenters. The molecular weight excluding hydrogens is 228 g/mol. The highest BCUT2D eigenvalue weighted by molar-refractivity contribution is 7.86. The first kappa shape index (κ1) is 13.0. The van der Waals surface area contributed by atoms with Gasteiger partial charge in [-0.2, -0.15) is 8.42 Å². The van der Waals surface area contributed by atoms with Crippen LogP contribution in [0.25, 0.3) is 0 Å². The molecule has 0 bridgehead atoms. The molecule has 0 saturated carbocycles. The van der Waals surface area contributed by atoms with Crippen molar-refractivity contribution in [2.24, 2.45) is 0 Å². The second kappa shape index (κ2) is 5.32. The largest absolute Gasteiger partial charge is 0.506 e. The van der Waals surface area contributed by atoms with Crippen LogP contribution in [0.15, 0.2) is 23.1 Å². The molecule has 0 spiro atoms. The van der Waals surface area contributed by atoms with Gasteiger partial charge in [-0.15, -0.1) is 0 Å². The lowest BCUT2D eigenvalue weighted by Crippen LogP contribution is -2.03. The molecule has 1 rings (SSSR count). The Balaban J connectivity index is 3.04. The summed E-state index contributed by atoms with van der Waals surface area (Å²) in [7, 11) is -4.35. The number of phenols is 1. The van der Waals surface area contributed by atoms with Gasteiger partial charge < -0.3 is 5.11 Å². The second-order valence-electron chi connectivity index (χ2n) is 3.70. The van der Waals surface area contributed by atoms with Gasteiger partial charge in [0.25, 0.3) is 10.1 Å². The average Bonchev–Trinajstić information content (AvgIpc) is 2.16. The van der Waals surface area contributed by atoms with Crippen LogP contribution in [0.1, 0.15) is 31.7 Å². The van der Waals surface area contributed by atoms with Crippen LogP contribution in [0.5, 0.6) is 5.75 Å². The summed E-state index contributed by atoms with van der Waals surface area (Å²) in [6, 6.07) is 4.44. The Labute approximate surface area is 95.7 Å². The molecule has 1 aromatic rings. The number of rotatable bonds is 5. The minimum Gasteiger partial charge on any atom is -0.506 e. The Kier molecular flexibility index (Phi) is 4.32. The maximum atomic E-state index is 11.1. The van der Waals surface area contributed by atoms with E-state index in [0.717, 1.165) is 19.3 Å². The zero-order chi connectivity index (χ0) is 12.2. The highest BCUT2D eigenvalue weighted by Crippen LogP contribution is 2.27. The third-order valence-corrected chi connectivity index (χ3v) is 3.37. The lowest BCUT2D eigenvalue weighted by atomic mass is 10.1. The summed E-state index contributed by atoms with van der Waals surface area (Å²) in [5.41, 5.74) is 0.468. The second-order valence-corrected chi connectivity index (χ2v) is 5.06. The van der Waals surface area contributed by atoms with Crippen molar-refractivity contribution in [3.8, 4) is 5.75 Å². The van der Waals surface area contributed by atoms with E-state index < -0.39 is 15.9 Å². The van der Waals surface area contributed by atoms with Crippen LogP contribution in [-0.4, -0.2) is 18.1 Å². The molecule has 4 nitrogen and oxygen atoms in total. The maximum absolute atomic E-state index is 11.1. The third kappa shape index (κ3) is 3.21. The highest BCUT2D eigenvalue weighted by atomic mass is 32.2. The van der Waals surface area contributed by atoms with Crippen molar-refractivity contribution >= 4 is 10.1 Å². The van der Waals surface area contributed by atoms with Gasteiger partial charge in [0.15, 0.2) is 0 Å². The number of hydrogen-bond acceptors (Lipinski definition) is 3. The molecule has 0 aliphatic carbocycles. The van der Waals surface area contributed by atoms with Gasteiger partial charge in [-0.05, 0) is 24.5 Å². The monoisotopic (exact) mass is 244 g/mol. The molecule has 0 radical (unpaired) electrons. The Morgan fingerprint density at radius 3 is 2.50 bits per heavy atom. The zero-order valence-electron chi connectivity index (χ0n) is 9.18. The van der Waals surface area contributed by atoms with Crippen molar-refractivity contribution in [2.75, 3.05) is 0 Å². The molecule has 0 aliphatic rings. The average molecular weight is 244 g/mol. The number of aryl methyl sites for hydroxylation is 1. The SMILES string of the molecule is CCCCCc1cccc(O)c1S(=O)(=O)O. The van der Waals surface area contributed by atoms with Gasteiger partial charge >= 0.3 is 0 Å². The Hall–Kier alpha value is -1.07. The Morgan fingerprint density at radius 2 is 1.94 bits per heavy atom. The van der Waals surface area contributed by atoms with Crippen LogP contribution in [0.3, 0.4) is 0 Å².